The summed E-state index contributed by atoms with van der Waals surface area (Å²) in [5.41, 5.74) is 1.82. The molecule has 0 bridgehead atoms. The lowest BCUT2D eigenvalue weighted by Crippen LogP contribution is -2.24. The summed E-state index contributed by atoms with van der Waals surface area (Å²) in [5, 5.41) is 11.2. The van der Waals surface area contributed by atoms with Gasteiger partial charge in [0.05, 0.1) is 6.20 Å². The minimum absolute atomic E-state index is 0.201. The number of hydrogen-bond acceptors (Lipinski definition) is 9. The van der Waals surface area contributed by atoms with Crippen LogP contribution in [0.2, 0.25) is 0 Å². The van der Waals surface area contributed by atoms with E-state index in [4.69, 9.17) is 15.8 Å². The van der Waals surface area contributed by atoms with Crippen LogP contribution in [0.1, 0.15) is 49.9 Å². The van der Waals surface area contributed by atoms with E-state index >= 15 is 0 Å². The number of nitrogen functional groups attached to an aromatic ring is 1. The summed E-state index contributed by atoms with van der Waals surface area (Å²) >= 11 is 3.20. The van der Waals surface area contributed by atoms with Crippen LogP contribution in [-0.4, -0.2) is 34.8 Å². The van der Waals surface area contributed by atoms with E-state index in [1.165, 1.54) is 35.0 Å². The molecule has 0 radical (unpaired) electrons. The van der Waals surface area contributed by atoms with Gasteiger partial charge in [-0.05, 0) is 43.0 Å². The van der Waals surface area contributed by atoms with E-state index in [1.54, 1.807) is 34.6 Å². The zero-order valence-electron chi connectivity index (χ0n) is 17.1. The van der Waals surface area contributed by atoms with Crippen LogP contribution in [0.5, 0.6) is 0 Å². The summed E-state index contributed by atoms with van der Waals surface area (Å²) < 4.78 is 1.57. The molecule has 8 nitrogen and oxygen atoms in total. The summed E-state index contributed by atoms with van der Waals surface area (Å²) in [4.78, 5) is 20.7. The van der Waals surface area contributed by atoms with Crippen molar-refractivity contribution in [2.75, 3.05) is 5.84 Å². The fourth-order valence-corrected chi connectivity index (χ4v) is 5.89. The highest BCUT2D eigenvalue weighted by Crippen LogP contribution is 2.42. The molecule has 5 rings (SSSR count). The van der Waals surface area contributed by atoms with Gasteiger partial charge < -0.3 is 5.84 Å². The standard InChI is InChI=1S/C20H22N8S2/c1-20(2,3)18-26-27-19(28(18)21)30-17-14-11-6-4-5-7-13(11)29-16(14)24-15(25-17)12-10-22-8-9-23-12/h8-10H,4-7,21H2,1-3H3. The molecule has 2 N–H and O–H groups in total. The first-order valence-corrected chi connectivity index (χ1v) is 11.5. The third-order valence-electron chi connectivity index (χ3n) is 5.10. The molecule has 10 heteroatoms. The van der Waals surface area contributed by atoms with Gasteiger partial charge in [-0.3, -0.25) is 4.98 Å². The van der Waals surface area contributed by atoms with Gasteiger partial charge in [0.25, 0.3) is 0 Å². The van der Waals surface area contributed by atoms with Gasteiger partial charge in [-0.25, -0.2) is 19.6 Å². The van der Waals surface area contributed by atoms with Gasteiger partial charge in [-0.2, -0.15) is 0 Å². The number of aromatic nitrogens is 7. The molecule has 4 aromatic heterocycles. The molecule has 154 valence electrons. The van der Waals surface area contributed by atoms with E-state index in [0.717, 1.165) is 33.9 Å². The van der Waals surface area contributed by atoms with Crippen molar-refractivity contribution in [3.63, 3.8) is 0 Å². The van der Waals surface area contributed by atoms with Crippen molar-refractivity contribution in [1.82, 2.24) is 34.8 Å². The number of hydrogen-bond donors (Lipinski definition) is 1. The molecule has 0 fully saturated rings. The number of thiophene rings is 1. The molecular formula is C20H22N8S2. The lowest BCUT2D eigenvalue weighted by atomic mass is 9.96. The monoisotopic (exact) mass is 438 g/mol. The van der Waals surface area contributed by atoms with E-state index in [9.17, 15) is 0 Å². The fraction of sp³-hybridized carbons (Fsp3) is 0.400. The largest absolute Gasteiger partial charge is 0.336 e. The Labute approximate surface area is 182 Å². The molecule has 30 heavy (non-hydrogen) atoms. The predicted octanol–water partition coefficient (Wildman–Crippen LogP) is 3.78. The molecule has 0 amide bonds. The average Bonchev–Trinajstić information content (AvgIpc) is 3.29. The van der Waals surface area contributed by atoms with Crippen LogP contribution in [-0.2, 0) is 18.3 Å². The number of nitrogens with two attached hydrogens (primary N) is 1. The van der Waals surface area contributed by atoms with Gasteiger partial charge in [0.15, 0.2) is 11.6 Å². The third-order valence-corrected chi connectivity index (χ3v) is 7.23. The van der Waals surface area contributed by atoms with Crippen LogP contribution < -0.4 is 5.84 Å². The van der Waals surface area contributed by atoms with Crippen molar-refractivity contribution in [3.8, 4) is 11.5 Å². The number of aryl methyl sites for hydroxylation is 2. The Balaban J connectivity index is 1.68. The Hall–Kier alpha value is -2.59. The zero-order valence-corrected chi connectivity index (χ0v) is 18.7. The SMILES string of the molecule is CC(C)(C)c1nnc(Sc2nc(-c3cnccn3)nc3sc4c(c23)CCCC4)n1N. The summed E-state index contributed by atoms with van der Waals surface area (Å²) in [6, 6.07) is 0. The van der Waals surface area contributed by atoms with Crippen LogP contribution in [0.25, 0.3) is 21.7 Å². The van der Waals surface area contributed by atoms with Crippen LogP contribution in [0.3, 0.4) is 0 Å². The van der Waals surface area contributed by atoms with E-state index in [-0.39, 0.29) is 5.41 Å². The van der Waals surface area contributed by atoms with Gasteiger partial charge in [0.2, 0.25) is 5.16 Å². The van der Waals surface area contributed by atoms with Crippen molar-refractivity contribution in [3.05, 3.63) is 34.9 Å². The second kappa shape index (κ2) is 7.28. The van der Waals surface area contributed by atoms with Crippen molar-refractivity contribution in [2.45, 2.75) is 62.1 Å². The van der Waals surface area contributed by atoms with E-state index < -0.39 is 0 Å². The first-order valence-electron chi connectivity index (χ1n) is 9.89. The molecule has 0 saturated carbocycles. The lowest BCUT2D eigenvalue weighted by molar-refractivity contribution is 0.523. The second-order valence-electron chi connectivity index (χ2n) is 8.36. The van der Waals surface area contributed by atoms with E-state index in [1.807, 2.05) is 0 Å². The molecule has 4 aromatic rings. The molecular weight excluding hydrogens is 416 g/mol. The van der Waals surface area contributed by atoms with Crippen LogP contribution in [0, 0.1) is 0 Å². The molecule has 0 spiro atoms. The van der Waals surface area contributed by atoms with Crippen molar-refractivity contribution in [2.24, 2.45) is 0 Å². The average molecular weight is 439 g/mol. The summed E-state index contributed by atoms with van der Waals surface area (Å²) in [6.45, 7) is 6.21. The third kappa shape index (κ3) is 3.33. The summed E-state index contributed by atoms with van der Waals surface area (Å²) in [7, 11) is 0. The highest BCUT2D eigenvalue weighted by molar-refractivity contribution is 7.99. The number of rotatable bonds is 3. The zero-order chi connectivity index (χ0) is 20.9. The molecule has 0 atom stereocenters. The highest BCUT2D eigenvalue weighted by atomic mass is 32.2. The predicted molar refractivity (Wildman–Crippen MR) is 118 cm³/mol. The topological polar surface area (TPSA) is 108 Å². The summed E-state index contributed by atoms with van der Waals surface area (Å²) in [5.74, 6) is 7.65. The smallest absolute Gasteiger partial charge is 0.216 e. The first kappa shape index (κ1) is 19.4. The van der Waals surface area contributed by atoms with Gasteiger partial charge in [0, 0.05) is 28.1 Å². The molecule has 0 aromatic carbocycles. The normalized spacial score (nSPS) is 14.2. The Kier molecular flexibility index (Phi) is 4.70. The fourth-order valence-electron chi connectivity index (χ4n) is 3.67. The molecule has 1 aliphatic carbocycles. The Morgan fingerprint density at radius 3 is 2.67 bits per heavy atom. The molecule has 1 aliphatic rings. The Morgan fingerprint density at radius 2 is 1.93 bits per heavy atom. The minimum atomic E-state index is -0.201. The van der Waals surface area contributed by atoms with Crippen LogP contribution in [0.15, 0.2) is 28.8 Å². The number of fused-ring (bicyclic) bond motifs is 3. The van der Waals surface area contributed by atoms with Gasteiger partial charge in [-0.1, -0.05) is 20.8 Å². The molecule has 0 saturated heterocycles. The van der Waals surface area contributed by atoms with E-state index in [2.05, 4.69) is 40.9 Å². The van der Waals surface area contributed by atoms with Gasteiger partial charge in [-0.15, -0.1) is 21.5 Å². The first-order chi connectivity index (χ1) is 14.4. The molecule has 0 unspecified atom stereocenters. The molecule has 4 heterocycles. The van der Waals surface area contributed by atoms with Crippen molar-refractivity contribution >= 4 is 33.3 Å². The Bertz CT molecular complexity index is 1220. The number of nitrogens with zero attached hydrogens (tertiary/aromatic N) is 7. The second-order valence-corrected chi connectivity index (χ2v) is 10.4. The maximum atomic E-state index is 6.35. The van der Waals surface area contributed by atoms with Gasteiger partial charge in [0.1, 0.15) is 15.6 Å². The lowest BCUT2D eigenvalue weighted by Gasteiger charge is -2.16. The van der Waals surface area contributed by atoms with Gasteiger partial charge >= 0.3 is 0 Å². The Morgan fingerprint density at radius 1 is 1.10 bits per heavy atom. The summed E-state index contributed by atoms with van der Waals surface area (Å²) in [6.07, 6.45) is 9.55. The van der Waals surface area contributed by atoms with E-state index in [0.29, 0.717) is 16.7 Å². The molecule has 0 aliphatic heterocycles. The highest BCUT2D eigenvalue weighted by Gasteiger charge is 2.26. The van der Waals surface area contributed by atoms with Crippen molar-refractivity contribution < 1.29 is 0 Å². The van der Waals surface area contributed by atoms with Crippen LogP contribution >= 0.6 is 23.1 Å². The quantitative estimate of drug-likeness (QED) is 0.380. The minimum Gasteiger partial charge on any atom is -0.336 e. The maximum absolute atomic E-state index is 6.35. The maximum Gasteiger partial charge on any atom is 0.216 e. The van der Waals surface area contributed by atoms with Crippen LogP contribution in [0.4, 0.5) is 0 Å². The van der Waals surface area contributed by atoms with Crippen molar-refractivity contribution in [1.29, 1.82) is 0 Å².